The zero-order chi connectivity index (χ0) is 17.8. The summed E-state index contributed by atoms with van der Waals surface area (Å²) in [5.41, 5.74) is 0.548. The highest BCUT2D eigenvalue weighted by Gasteiger charge is 2.28. The Hall–Kier alpha value is -1.18. The average molecular weight is 458 g/mol. The Kier molecular flexibility index (Phi) is 6.30. The number of piperidine rings is 1. The predicted molar refractivity (Wildman–Crippen MR) is 103 cm³/mol. The monoisotopic (exact) mass is 458 g/mol. The molecule has 1 aromatic carbocycles. The summed E-state index contributed by atoms with van der Waals surface area (Å²) in [6.07, 6.45) is 7.12. The van der Waals surface area contributed by atoms with Gasteiger partial charge in [0.2, 0.25) is 5.91 Å². The first-order chi connectivity index (χ1) is 12.0. The maximum absolute atomic E-state index is 13.2. The molecule has 1 aliphatic heterocycles. The third-order valence-electron chi connectivity index (χ3n) is 5.27. The van der Waals surface area contributed by atoms with E-state index in [4.69, 9.17) is 0 Å². The number of hydrogen-bond donors (Lipinski definition) is 1. The van der Waals surface area contributed by atoms with Gasteiger partial charge in [0.25, 0.3) is 5.91 Å². The number of carbonyl (C=O) groups excluding carboxylic acids is 2. The fourth-order valence-corrected chi connectivity index (χ4v) is 4.45. The van der Waals surface area contributed by atoms with E-state index in [9.17, 15) is 14.0 Å². The molecule has 0 atom stereocenters. The van der Waals surface area contributed by atoms with Crippen LogP contribution in [0.4, 0.5) is 4.39 Å². The highest BCUT2D eigenvalue weighted by Crippen LogP contribution is 2.24. The Morgan fingerprint density at radius 2 is 1.76 bits per heavy atom. The van der Waals surface area contributed by atoms with Crippen molar-refractivity contribution in [2.45, 2.75) is 51.0 Å². The molecule has 4 nitrogen and oxygen atoms in total. The van der Waals surface area contributed by atoms with Gasteiger partial charge >= 0.3 is 0 Å². The minimum Gasteiger partial charge on any atom is -0.353 e. The zero-order valence-electron chi connectivity index (χ0n) is 14.3. The molecule has 1 N–H and O–H groups in total. The molecule has 0 bridgehead atoms. The molecule has 2 amide bonds. The number of likely N-dealkylation sites (tertiary alicyclic amines) is 1. The van der Waals surface area contributed by atoms with E-state index in [-0.39, 0.29) is 29.6 Å². The van der Waals surface area contributed by atoms with Crippen molar-refractivity contribution in [1.29, 1.82) is 0 Å². The van der Waals surface area contributed by atoms with E-state index in [1.807, 2.05) is 22.6 Å². The number of carbonyl (C=O) groups is 2. The van der Waals surface area contributed by atoms with Crippen molar-refractivity contribution in [2.24, 2.45) is 5.92 Å². The molecule has 136 valence electrons. The Bertz CT molecular complexity index is 638. The average Bonchev–Trinajstić information content (AvgIpc) is 2.62. The lowest BCUT2D eigenvalue weighted by molar-refractivity contribution is -0.126. The van der Waals surface area contributed by atoms with Gasteiger partial charge in [0.15, 0.2) is 0 Å². The number of nitrogens with one attached hydrogen (secondary N) is 1. The number of nitrogens with zero attached hydrogens (tertiary/aromatic N) is 1. The Balaban J connectivity index is 1.51. The van der Waals surface area contributed by atoms with Crippen LogP contribution in [0.5, 0.6) is 0 Å². The third kappa shape index (κ3) is 4.71. The fraction of sp³-hybridized carbons (Fsp3) is 0.579. The molecule has 2 aliphatic rings. The molecule has 0 aromatic heterocycles. The lowest BCUT2D eigenvalue weighted by Gasteiger charge is -2.33. The van der Waals surface area contributed by atoms with Crippen LogP contribution < -0.4 is 5.32 Å². The summed E-state index contributed by atoms with van der Waals surface area (Å²) in [7, 11) is 0. The van der Waals surface area contributed by atoms with Gasteiger partial charge in [-0.2, -0.15) is 0 Å². The summed E-state index contributed by atoms with van der Waals surface area (Å²) in [5, 5.41) is 3.18. The van der Waals surface area contributed by atoms with Gasteiger partial charge in [-0.05, 0) is 66.5 Å². The van der Waals surface area contributed by atoms with Gasteiger partial charge in [-0.15, -0.1) is 0 Å². The summed E-state index contributed by atoms with van der Waals surface area (Å²) in [6, 6.07) is 4.42. The van der Waals surface area contributed by atoms with Crippen LogP contribution in [0.2, 0.25) is 0 Å². The number of benzene rings is 1. The minimum atomic E-state index is -0.329. The molecular formula is C19H24FIN2O2. The van der Waals surface area contributed by atoms with E-state index in [2.05, 4.69) is 5.32 Å². The highest BCUT2D eigenvalue weighted by atomic mass is 127. The van der Waals surface area contributed by atoms with E-state index >= 15 is 0 Å². The van der Waals surface area contributed by atoms with Crippen LogP contribution in [0.1, 0.15) is 55.3 Å². The molecule has 0 radical (unpaired) electrons. The number of hydrogen-bond acceptors (Lipinski definition) is 2. The van der Waals surface area contributed by atoms with Gasteiger partial charge < -0.3 is 10.2 Å². The maximum atomic E-state index is 13.2. The van der Waals surface area contributed by atoms with Crippen molar-refractivity contribution >= 4 is 34.4 Å². The smallest absolute Gasteiger partial charge is 0.254 e. The summed E-state index contributed by atoms with van der Waals surface area (Å²) in [6.45, 7) is 1.25. The van der Waals surface area contributed by atoms with Crippen molar-refractivity contribution in [3.63, 3.8) is 0 Å². The Morgan fingerprint density at radius 3 is 2.40 bits per heavy atom. The predicted octanol–water partition coefficient (Wildman–Crippen LogP) is 3.73. The number of amides is 2. The molecule has 1 aromatic rings. The van der Waals surface area contributed by atoms with Crippen molar-refractivity contribution in [3.8, 4) is 0 Å². The first-order valence-corrected chi connectivity index (χ1v) is 10.2. The van der Waals surface area contributed by atoms with Crippen molar-refractivity contribution in [2.75, 3.05) is 13.1 Å². The molecule has 3 rings (SSSR count). The fourth-order valence-electron chi connectivity index (χ4n) is 3.74. The second-order valence-electron chi connectivity index (χ2n) is 7.03. The van der Waals surface area contributed by atoms with E-state index < -0.39 is 0 Å². The van der Waals surface area contributed by atoms with Gasteiger partial charge in [-0.1, -0.05) is 19.3 Å². The quantitative estimate of drug-likeness (QED) is 0.702. The standard InChI is InChI=1S/C19H24FIN2O2/c20-14-6-7-16(17(21)12-14)19(25)23-10-8-15(9-11-23)22-18(24)13-4-2-1-3-5-13/h6-7,12-13,15H,1-5,8-11H2,(H,22,24). The van der Waals surface area contributed by atoms with Gasteiger partial charge in [0.1, 0.15) is 5.82 Å². The van der Waals surface area contributed by atoms with Crippen molar-refractivity contribution in [1.82, 2.24) is 10.2 Å². The van der Waals surface area contributed by atoms with Crippen molar-refractivity contribution < 1.29 is 14.0 Å². The molecule has 6 heteroatoms. The van der Waals surface area contributed by atoms with Crippen LogP contribution in [-0.4, -0.2) is 35.8 Å². The second-order valence-corrected chi connectivity index (χ2v) is 8.20. The van der Waals surface area contributed by atoms with Crippen LogP contribution in [0.15, 0.2) is 18.2 Å². The van der Waals surface area contributed by atoms with Crippen LogP contribution in [0.25, 0.3) is 0 Å². The molecule has 2 fully saturated rings. The Labute approximate surface area is 161 Å². The topological polar surface area (TPSA) is 49.4 Å². The molecular weight excluding hydrogens is 434 g/mol. The molecule has 0 spiro atoms. The van der Waals surface area contributed by atoms with E-state index in [1.165, 1.54) is 18.6 Å². The number of halogens is 2. The van der Waals surface area contributed by atoms with Crippen molar-refractivity contribution in [3.05, 3.63) is 33.1 Å². The van der Waals surface area contributed by atoms with E-state index in [1.54, 1.807) is 11.0 Å². The van der Waals surface area contributed by atoms with Crippen LogP contribution in [0, 0.1) is 15.3 Å². The van der Waals surface area contributed by atoms with Gasteiger partial charge in [0.05, 0.1) is 5.56 Å². The van der Waals surface area contributed by atoms with Gasteiger partial charge in [-0.3, -0.25) is 9.59 Å². The molecule has 1 saturated heterocycles. The minimum absolute atomic E-state index is 0.0542. The first-order valence-electron chi connectivity index (χ1n) is 9.09. The van der Waals surface area contributed by atoms with Crippen LogP contribution in [0.3, 0.4) is 0 Å². The maximum Gasteiger partial charge on any atom is 0.254 e. The summed E-state index contributed by atoms with van der Waals surface area (Å²) in [5.74, 6) is -0.0155. The molecule has 1 heterocycles. The summed E-state index contributed by atoms with van der Waals surface area (Å²) >= 11 is 2.00. The molecule has 1 saturated carbocycles. The van der Waals surface area contributed by atoms with Gasteiger partial charge in [-0.25, -0.2) is 4.39 Å². The Morgan fingerprint density at radius 1 is 1.08 bits per heavy atom. The van der Waals surface area contributed by atoms with E-state index in [0.717, 1.165) is 38.5 Å². The molecule has 0 unspecified atom stereocenters. The molecule has 1 aliphatic carbocycles. The number of rotatable bonds is 3. The first kappa shape index (κ1) is 18.6. The second kappa shape index (κ2) is 8.47. The van der Waals surface area contributed by atoms with Crippen LogP contribution >= 0.6 is 22.6 Å². The lowest BCUT2D eigenvalue weighted by Crippen LogP contribution is -2.48. The summed E-state index contributed by atoms with van der Waals surface area (Å²) < 4.78 is 13.8. The third-order valence-corrected chi connectivity index (χ3v) is 6.16. The van der Waals surface area contributed by atoms with E-state index in [0.29, 0.717) is 22.2 Å². The largest absolute Gasteiger partial charge is 0.353 e. The zero-order valence-corrected chi connectivity index (χ0v) is 16.4. The normalized spacial score (nSPS) is 19.7. The molecule has 25 heavy (non-hydrogen) atoms. The summed E-state index contributed by atoms with van der Waals surface area (Å²) in [4.78, 5) is 26.8. The van der Waals surface area contributed by atoms with Gasteiger partial charge in [0, 0.05) is 28.6 Å². The SMILES string of the molecule is O=C(NC1CCN(C(=O)c2ccc(F)cc2I)CC1)C1CCCCC1. The van der Waals surface area contributed by atoms with Crippen LogP contribution in [-0.2, 0) is 4.79 Å². The lowest BCUT2D eigenvalue weighted by atomic mass is 9.88. The highest BCUT2D eigenvalue weighted by molar-refractivity contribution is 14.1.